The molecule has 1 nitrogen and oxygen atoms in total. The minimum atomic E-state index is 0.890. The molecular formula is C22H41N. The van der Waals surface area contributed by atoms with Gasteiger partial charge in [0.25, 0.3) is 0 Å². The summed E-state index contributed by atoms with van der Waals surface area (Å²) in [7, 11) is 0. The topological polar surface area (TPSA) is 12.4 Å². The summed E-state index contributed by atoms with van der Waals surface area (Å²) >= 11 is 0. The third-order valence-corrected chi connectivity index (χ3v) is 5.07. The van der Waals surface area contributed by atoms with Crippen LogP contribution >= 0.6 is 0 Å². The smallest absolute Gasteiger partial charge is 0.0433 e. The van der Waals surface area contributed by atoms with Crippen LogP contribution in [0.1, 0.15) is 111 Å². The molecule has 0 bridgehead atoms. The van der Waals surface area contributed by atoms with E-state index in [0.29, 0.717) is 0 Å². The maximum Gasteiger partial charge on any atom is 0.0433 e. The van der Waals surface area contributed by atoms with E-state index in [1.54, 1.807) is 0 Å². The molecule has 1 aliphatic rings. The average molecular weight is 320 g/mol. The molecule has 0 fully saturated rings. The third kappa shape index (κ3) is 11.6. The fraction of sp³-hybridized carbons (Fsp3) is 0.864. The predicted octanol–water partition coefficient (Wildman–Crippen LogP) is 7.50. The second-order valence-corrected chi connectivity index (χ2v) is 7.81. The second-order valence-electron chi connectivity index (χ2n) is 7.81. The van der Waals surface area contributed by atoms with E-state index in [9.17, 15) is 0 Å². The minimum absolute atomic E-state index is 0.890. The lowest BCUT2D eigenvalue weighted by Crippen LogP contribution is -1.89. The van der Waals surface area contributed by atoms with Crippen molar-refractivity contribution in [2.75, 3.05) is 6.54 Å². The van der Waals surface area contributed by atoms with Gasteiger partial charge in [0.05, 0.1) is 0 Å². The molecule has 0 N–H and O–H groups in total. The fourth-order valence-corrected chi connectivity index (χ4v) is 3.44. The summed E-state index contributed by atoms with van der Waals surface area (Å²) in [6.45, 7) is 7.85. The number of nitrogens with zero attached hydrogens (tertiary/aromatic N) is 1. The van der Waals surface area contributed by atoms with Gasteiger partial charge in [-0.05, 0) is 37.7 Å². The molecule has 0 radical (unpaired) electrons. The van der Waals surface area contributed by atoms with Gasteiger partial charge in [-0.2, -0.15) is 0 Å². The maximum absolute atomic E-state index is 4.45. The zero-order chi connectivity index (χ0) is 16.8. The SMILES string of the molecule is CC1=NCC/C1=C/CCCCCCCCCCCCCC(C)C. The quantitative estimate of drug-likeness (QED) is 0.294. The van der Waals surface area contributed by atoms with Crippen LogP contribution in [0, 0.1) is 5.92 Å². The van der Waals surface area contributed by atoms with Gasteiger partial charge in [-0.1, -0.05) is 90.6 Å². The molecule has 0 aliphatic carbocycles. The molecular weight excluding hydrogens is 278 g/mol. The van der Waals surface area contributed by atoms with Crippen molar-refractivity contribution in [1.29, 1.82) is 0 Å². The normalized spacial score (nSPS) is 16.5. The molecule has 0 amide bonds. The lowest BCUT2D eigenvalue weighted by molar-refractivity contribution is 0.504. The molecule has 0 spiro atoms. The predicted molar refractivity (Wildman–Crippen MR) is 106 cm³/mol. The Labute approximate surface area is 146 Å². The van der Waals surface area contributed by atoms with E-state index in [1.807, 2.05) is 0 Å². The van der Waals surface area contributed by atoms with Crippen LogP contribution in [0.3, 0.4) is 0 Å². The molecule has 1 aliphatic heterocycles. The van der Waals surface area contributed by atoms with Crippen molar-refractivity contribution in [3.8, 4) is 0 Å². The molecule has 0 aromatic rings. The van der Waals surface area contributed by atoms with Crippen molar-refractivity contribution in [3.63, 3.8) is 0 Å². The Kier molecular flexibility index (Phi) is 12.3. The molecule has 0 unspecified atom stereocenters. The summed E-state index contributed by atoms with van der Waals surface area (Å²) < 4.78 is 0. The van der Waals surface area contributed by atoms with Crippen molar-refractivity contribution in [3.05, 3.63) is 11.6 Å². The van der Waals surface area contributed by atoms with E-state index in [1.165, 1.54) is 101 Å². The molecule has 1 heterocycles. The first-order chi connectivity index (χ1) is 11.2. The first-order valence-electron chi connectivity index (χ1n) is 10.4. The fourth-order valence-electron chi connectivity index (χ4n) is 3.44. The van der Waals surface area contributed by atoms with Crippen LogP contribution in [-0.4, -0.2) is 12.3 Å². The Bertz CT molecular complexity index is 338. The highest BCUT2D eigenvalue weighted by atomic mass is 14.8. The zero-order valence-corrected chi connectivity index (χ0v) is 16.2. The number of unbranched alkanes of at least 4 members (excludes halogenated alkanes) is 11. The maximum atomic E-state index is 4.45. The van der Waals surface area contributed by atoms with Crippen LogP contribution in [-0.2, 0) is 0 Å². The highest BCUT2D eigenvalue weighted by Crippen LogP contribution is 2.16. The number of hydrogen-bond donors (Lipinski definition) is 0. The van der Waals surface area contributed by atoms with Crippen molar-refractivity contribution in [2.24, 2.45) is 10.9 Å². The lowest BCUT2D eigenvalue weighted by Gasteiger charge is -2.04. The highest BCUT2D eigenvalue weighted by molar-refractivity contribution is 5.99. The van der Waals surface area contributed by atoms with Crippen molar-refractivity contribution < 1.29 is 0 Å². The van der Waals surface area contributed by atoms with E-state index in [2.05, 4.69) is 31.8 Å². The van der Waals surface area contributed by atoms with Crippen molar-refractivity contribution >= 4 is 5.71 Å². The first-order valence-corrected chi connectivity index (χ1v) is 10.4. The van der Waals surface area contributed by atoms with Crippen molar-refractivity contribution in [2.45, 2.75) is 111 Å². The second kappa shape index (κ2) is 13.8. The minimum Gasteiger partial charge on any atom is -0.289 e. The first kappa shape index (κ1) is 20.5. The molecule has 0 atom stereocenters. The average Bonchev–Trinajstić information content (AvgIpc) is 2.92. The van der Waals surface area contributed by atoms with Gasteiger partial charge >= 0.3 is 0 Å². The Morgan fingerprint density at radius 3 is 1.83 bits per heavy atom. The van der Waals surface area contributed by atoms with Gasteiger partial charge in [-0.15, -0.1) is 0 Å². The Balaban J connectivity index is 1.76. The van der Waals surface area contributed by atoms with Crippen LogP contribution in [0.5, 0.6) is 0 Å². The number of rotatable bonds is 14. The summed E-state index contributed by atoms with van der Waals surface area (Å²) in [5.41, 5.74) is 2.80. The third-order valence-electron chi connectivity index (χ3n) is 5.07. The Morgan fingerprint density at radius 1 is 0.826 bits per heavy atom. The lowest BCUT2D eigenvalue weighted by atomic mass is 10.0. The van der Waals surface area contributed by atoms with Gasteiger partial charge in [0.1, 0.15) is 0 Å². The van der Waals surface area contributed by atoms with Crippen LogP contribution < -0.4 is 0 Å². The summed E-state index contributed by atoms with van der Waals surface area (Å²) in [6.07, 6.45) is 22.2. The number of hydrogen-bond acceptors (Lipinski definition) is 1. The zero-order valence-electron chi connectivity index (χ0n) is 16.2. The van der Waals surface area contributed by atoms with Crippen LogP contribution in [0.4, 0.5) is 0 Å². The van der Waals surface area contributed by atoms with Crippen LogP contribution in [0.25, 0.3) is 0 Å². The summed E-state index contributed by atoms with van der Waals surface area (Å²) in [5.74, 6) is 0.890. The summed E-state index contributed by atoms with van der Waals surface area (Å²) in [5, 5.41) is 0. The molecule has 0 saturated carbocycles. The summed E-state index contributed by atoms with van der Waals surface area (Å²) in [6, 6.07) is 0. The van der Waals surface area contributed by atoms with Gasteiger partial charge in [0.15, 0.2) is 0 Å². The largest absolute Gasteiger partial charge is 0.289 e. The van der Waals surface area contributed by atoms with Gasteiger partial charge in [-0.25, -0.2) is 0 Å². The van der Waals surface area contributed by atoms with E-state index < -0.39 is 0 Å². The van der Waals surface area contributed by atoms with Gasteiger partial charge in [0, 0.05) is 12.3 Å². The summed E-state index contributed by atoms with van der Waals surface area (Å²) in [4.78, 5) is 4.45. The van der Waals surface area contributed by atoms with Gasteiger partial charge < -0.3 is 0 Å². The van der Waals surface area contributed by atoms with Crippen LogP contribution in [0.15, 0.2) is 16.6 Å². The standard InChI is InChI=1S/C22H41N/c1-20(2)16-14-12-10-8-6-4-5-7-9-11-13-15-17-22-18-19-23-21(22)3/h17,20H,4-16,18-19H2,1-3H3/b22-17-. The molecule has 134 valence electrons. The monoisotopic (exact) mass is 319 g/mol. The molecule has 1 heteroatoms. The molecule has 0 saturated heterocycles. The Morgan fingerprint density at radius 2 is 1.35 bits per heavy atom. The number of aliphatic imine (C=N–C) groups is 1. The molecule has 0 aromatic heterocycles. The molecule has 1 rings (SSSR count). The van der Waals surface area contributed by atoms with E-state index in [0.717, 1.165) is 12.5 Å². The van der Waals surface area contributed by atoms with Gasteiger partial charge in [-0.3, -0.25) is 4.99 Å². The van der Waals surface area contributed by atoms with Crippen LogP contribution in [0.2, 0.25) is 0 Å². The Hall–Kier alpha value is -0.590. The highest BCUT2D eigenvalue weighted by Gasteiger charge is 2.06. The van der Waals surface area contributed by atoms with Crippen molar-refractivity contribution in [1.82, 2.24) is 0 Å². The van der Waals surface area contributed by atoms with E-state index >= 15 is 0 Å². The molecule has 23 heavy (non-hydrogen) atoms. The van der Waals surface area contributed by atoms with E-state index in [-0.39, 0.29) is 0 Å². The number of allylic oxidation sites excluding steroid dienone is 1. The molecule has 0 aromatic carbocycles. The van der Waals surface area contributed by atoms with Gasteiger partial charge in [0.2, 0.25) is 0 Å². The van der Waals surface area contributed by atoms with E-state index in [4.69, 9.17) is 0 Å².